The number of halogens is 3. The molecule has 0 atom stereocenters. The number of methoxy groups -OCH3 is 1. The van der Waals surface area contributed by atoms with E-state index in [1.807, 2.05) is 0 Å². The number of carboxylic acids is 1. The van der Waals surface area contributed by atoms with Crippen LogP contribution in [0.4, 0.5) is 8.78 Å². The molecule has 0 spiro atoms. The molecule has 0 amide bonds. The van der Waals surface area contributed by atoms with Crippen LogP contribution < -0.4 is 4.74 Å². The summed E-state index contributed by atoms with van der Waals surface area (Å²) in [5, 5.41) is 8.95. The number of benzene rings is 1. The van der Waals surface area contributed by atoms with Crippen molar-refractivity contribution in [1.82, 2.24) is 0 Å². The van der Waals surface area contributed by atoms with E-state index in [0.717, 1.165) is 6.07 Å². The Morgan fingerprint density at radius 1 is 1.40 bits per heavy atom. The van der Waals surface area contributed by atoms with Gasteiger partial charge < -0.3 is 9.84 Å². The molecule has 0 radical (unpaired) electrons. The van der Waals surface area contributed by atoms with Gasteiger partial charge in [0.2, 0.25) is 0 Å². The van der Waals surface area contributed by atoms with Gasteiger partial charge in [-0.2, -0.15) is 0 Å². The molecular formula is C14H17ClF2O3. The number of aliphatic carboxylic acids is 1. The Kier molecular flexibility index (Phi) is 4.97. The number of rotatable bonds is 6. The van der Waals surface area contributed by atoms with Gasteiger partial charge in [0, 0.05) is 11.4 Å². The Labute approximate surface area is 121 Å². The zero-order chi connectivity index (χ0) is 15.6. The highest BCUT2D eigenvalue weighted by Gasteiger charge is 2.41. The average molecular weight is 307 g/mol. The van der Waals surface area contributed by atoms with Gasteiger partial charge in [-0.1, -0.05) is 25.4 Å². The van der Waals surface area contributed by atoms with E-state index in [1.54, 1.807) is 0 Å². The van der Waals surface area contributed by atoms with Crippen LogP contribution in [0.5, 0.6) is 5.75 Å². The third-order valence-corrected chi connectivity index (χ3v) is 3.12. The third-order valence-electron chi connectivity index (χ3n) is 2.89. The number of hydrogen-bond acceptors (Lipinski definition) is 2. The first-order valence-corrected chi connectivity index (χ1v) is 6.39. The summed E-state index contributed by atoms with van der Waals surface area (Å²) in [5.41, 5.74) is -1.38. The van der Waals surface area contributed by atoms with E-state index in [1.165, 1.54) is 33.1 Å². The maximum Gasteiger partial charge on any atom is 0.303 e. The molecule has 0 aliphatic rings. The Hall–Kier alpha value is -1.36. The van der Waals surface area contributed by atoms with Crippen molar-refractivity contribution in [3.8, 4) is 5.75 Å². The highest BCUT2D eigenvalue weighted by molar-refractivity contribution is 6.30. The Morgan fingerprint density at radius 3 is 2.50 bits per heavy atom. The van der Waals surface area contributed by atoms with Crippen molar-refractivity contribution in [2.24, 2.45) is 5.41 Å². The minimum Gasteiger partial charge on any atom is -0.496 e. The van der Waals surface area contributed by atoms with E-state index >= 15 is 0 Å². The number of hydrogen-bond donors (Lipinski definition) is 1. The molecule has 0 aliphatic carbocycles. The molecule has 6 heteroatoms. The standard InChI is InChI=1S/C14H17ClF2O3/c1-13(2,7-12(18)19)8-14(16,17)10-6-9(15)4-5-11(10)20-3/h4-6H,7-8H2,1-3H3,(H,18,19). The third kappa shape index (κ3) is 4.34. The molecule has 3 nitrogen and oxygen atoms in total. The van der Waals surface area contributed by atoms with E-state index < -0.39 is 23.7 Å². The Balaban J connectivity index is 3.10. The summed E-state index contributed by atoms with van der Waals surface area (Å²) >= 11 is 5.75. The zero-order valence-electron chi connectivity index (χ0n) is 11.5. The molecule has 20 heavy (non-hydrogen) atoms. The largest absolute Gasteiger partial charge is 0.496 e. The molecule has 0 unspecified atom stereocenters. The molecule has 0 saturated heterocycles. The average Bonchev–Trinajstić information content (AvgIpc) is 2.25. The van der Waals surface area contributed by atoms with Gasteiger partial charge in [-0.3, -0.25) is 4.79 Å². The van der Waals surface area contributed by atoms with Crippen LogP contribution in [0.3, 0.4) is 0 Å². The van der Waals surface area contributed by atoms with Crippen LogP contribution in [-0.4, -0.2) is 18.2 Å². The van der Waals surface area contributed by atoms with Crippen LogP contribution in [0, 0.1) is 5.41 Å². The molecule has 0 heterocycles. The molecule has 0 fully saturated rings. The lowest BCUT2D eigenvalue weighted by Crippen LogP contribution is -2.27. The fourth-order valence-corrected chi connectivity index (χ4v) is 2.31. The minimum absolute atomic E-state index is 0.0329. The second kappa shape index (κ2) is 5.95. The number of carboxylic acid groups (broad SMARTS) is 1. The minimum atomic E-state index is -3.23. The monoisotopic (exact) mass is 306 g/mol. The maximum absolute atomic E-state index is 14.4. The van der Waals surface area contributed by atoms with E-state index in [-0.39, 0.29) is 22.8 Å². The predicted molar refractivity (Wildman–Crippen MR) is 72.5 cm³/mol. The van der Waals surface area contributed by atoms with Crippen LogP contribution in [0.25, 0.3) is 0 Å². The second-order valence-electron chi connectivity index (χ2n) is 5.46. The van der Waals surface area contributed by atoms with Gasteiger partial charge in [0.05, 0.1) is 19.1 Å². The molecule has 1 rings (SSSR count). The van der Waals surface area contributed by atoms with Crippen molar-refractivity contribution >= 4 is 17.6 Å². The van der Waals surface area contributed by atoms with Crippen LogP contribution in [0.1, 0.15) is 32.3 Å². The molecule has 1 aromatic rings. The normalized spacial score (nSPS) is 12.3. The van der Waals surface area contributed by atoms with Crippen molar-refractivity contribution in [1.29, 1.82) is 0 Å². The van der Waals surface area contributed by atoms with Crippen LogP contribution in [-0.2, 0) is 10.7 Å². The van der Waals surface area contributed by atoms with Gasteiger partial charge in [0.25, 0.3) is 5.92 Å². The smallest absolute Gasteiger partial charge is 0.303 e. The van der Waals surface area contributed by atoms with E-state index in [4.69, 9.17) is 21.4 Å². The van der Waals surface area contributed by atoms with Crippen LogP contribution >= 0.6 is 11.6 Å². The van der Waals surface area contributed by atoms with Gasteiger partial charge in [0.1, 0.15) is 5.75 Å². The molecule has 1 aromatic carbocycles. The van der Waals surface area contributed by atoms with Gasteiger partial charge in [-0.05, 0) is 23.6 Å². The maximum atomic E-state index is 14.4. The summed E-state index contributed by atoms with van der Waals surface area (Å²) < 4.78 is 33.7. The topological polar surface area (TPSA) is 46.5 Å². The summed E-state index contributed by atoms with van der Waals surface area (Å²) in [6.07, 6.45) is -0.950. The highest BCUT2D eigenvalue weighted by Crippen LogP contribution is 2.45. The summed E-state index contributed by atoms with van der Waals surface area (Å²) in [4.78, 5) is 10.7. The summed E-state index contributed by atoms with van der Waals surface area (Å²) in [6, 6.07) is 3.98. The summed E-state index contributed by atoms with van der Waals surface area (Å²) in [6.45, 7) is 2.98. The molecule has 0 bridgehead atoms. The van der Waals surface area contributed by atoms with Crippen molar-refractivity contribution in [3.63, 3.8) is 0 Å². The number of alkyl halides is 2. The first-order valence-electron chi connectivity index (χ1n) is 6.01. The van der Waals surface area contributed by atoms with E-state index in [9.17, 15) is 13.6 Å². The van der Waals surface area contributed by atoms with Crippen molar-refractivity contribution < 1.29 is 23.4 Å². The van der Waals surface area contributed by atoms with E-state index in [0.29, 0.717) is 0 Å². The van der Waals surface area contributed by atoms with Crippen molar-refractivity contribution in [3.05, 3.63) is 28.8 Å². The lowest BCUT2D eigenvalue weighted by molar-refractivity contribution is -0.140. The summed E-state index contributed by atoms with van der Waals surface area (Å²) in [7, 11) is 1.30. The number of ether oxygens (including phenoxy) is 1. The predicted octanol–water partition coefficient (Wildman–Crippen LogP) is 4.33. The summed E-state index contributed by atoms with van der Waals surface area (Å²) in [5.74, 6) is -4.30. The van der Waals surface area contributed by atoms with Gasteiger partial charge in [-0.15, -0.1) is 0 Å². The molecule has 0 aromatic heterocycles. The molecule has 1 N–H and O–H groups in total. The highest BCUT2D eigenvalue weighted by atomic mass is 35.5. The van der Waals surface area contributed by atoms with Crippen LogP contribution in [0.2, 0.25) is 5.02 Å². The lowest BCUT2D eigenvalue weighted by atomic mass is 9.81. The number of carbonyl (C=O) groups is 1. The molecule has 0 saturated carbocycles. The van der Waals surface area contributed by atoms with Crippen LogP contribution in [0.15, 0.2) is 18.2 Å². The Morgan fingerprint density at radius 2 is 2.00 bits per heavy atom. The Bertz CT molecular complexity index is 501. The molecule has 0 aliphatic heterocycles. The fraction of sp³-hybridized carbons (Fsp3) is 0.500. The first-order chi connectivity index (χ1) is 9.07. The van der Waals surface area contributed by atoms with Crippen molar-refractivity contribution in [2.75, 3.05) is 7.11 Å². The zero-order valence-corrected chi connectivity index (χ0v) is 12.3. The quantitative estimate of drug-likeness (QED) is 0.851. The van der Waals surface area contributed by atoms with E-state index in [2.05, 4.69) is 0 Å². The van der Waals surface area contributed by atoms with Gasteiger partial charge in [0.15, 0.2) is 0 Å². The first kappa shape index (κ1) is 16.7. The lowest BCUT2D eigenvalue weighted by Gasteiger charge is -2.29. The van der Waals surface area contributed by atoms with Crippen molar-refractivity contribution in [2.45, 2.75) is 32.6 Å². The molecule has 112 valence electrons. The SMILES string of the molecule is COc1ccc(Cl)cc1C(F)(F)CC(C)(C)CC(=O)O. The fourth-order valence-electron chi connectivity index (χ4n) is 2.13. The van der Waals surface area contributed by atoms with Gasteiger partial charge >= 0.3 is 5.97 Å². The second-order valence-corrected chi connectivity index (χ2v) is 5.90. The van der Waals surface area contributed by atoms with Gasteiger partial charge in [-0.25, -0.2) is 8.78 Å². The molecular weight excluding hydrogens is 290 g/mol.